The number of aliphatic carboxylic acids is 1. The van der Waals surface area contributed by atoms with Crippen LogP contribution in [0.2, 0.25) is 0 Å². The van der Waals surface area contributed by atoms with Gasteiger partial charge in [-0.25, -0.2) is 0 Å². The molecule has 0 spiro atoms. The second-order valence-electron chi connectivity index (χ2n) is 5.40. The third-order valence-electron chi connectivity index (χ3n) is 3.35. The minimum absolute atomic E-state index is 0. The molecule has 22 heavy (non-hydrogen) atoms. The maximum absolute atomic E-state index is 10.8. The van der Waals surface area contributed by atoms with Crippen LogP contribution >= 0.6 is 0 Å². The second-order valence-corrected chi connectivity index (χ2v) is 5.40. The number of hydrogen-bond acceptors (Lipinski definition) is 3. The standard InChI is InChI=1S/C18H33NO2.K/c1-3-5-7-9-11-13-15-19(17-18(20)21)16-14-12-10-8-6-4-2;/h5-8H,3-4,9-17H2,1-2H3,(H,20,21);/q;+1/p-1/b7-5+,8-6+;. The number of unbranched alkanes of at least 4 members (excludes halogenated alkanes) is 4. The summed E-state index contributed by atoms with van der Waals surface area (Å²) in [6, 6.07) is 0. The van der Waals surface area contributed by atoms with Crippen LogP contribution in [-0.2, 0) is 4.79 Å². The first-order valence-electron chi connectivity index (χ1n) is 8.42. The molecule has 0 aliphatic heterocycles. The Hall–Kier alpha value is 0.546. The quantitative estimate of drug-likeness (QED) is 0.261. The van der Waals surface area contributed by atoms with Crippen LogP contribution in [0.1, 0.15) is 65.2 Å². The van der Waals surface area contributed by atoms with Gasteiger partial charge in [-0.05, 0) is 64.5 Å². The summed E-state index contributed by atoms with van der Waals surface area (Å²) >= 11 is 0. The van der Waals surface area contributed by atoms with Crippen molar-refractivity contribution in [2.45, 2.75) is 65.2 Å². The molecule has 0 N–H and O–H groups in total. The van der Waals surface area contributed by atoms with Gasteiger partial charge in [-0.3, -0.25) is 4.90 Å². The fraction of sp³-hybridized carbons (Fsp3) is 0.722. The van der Waals surface area contributed by atoms with Crippen molar-refractivity contribution < 1.29 is 61.3 Å². The number of carboxylic acid groups (broad SMARTS) is 1. The molecule has 0 saturated carbocycles. The van der Waals surface area contributed by atoms with Gasteiger partial charge < -0.3 is 9.90 Å². The molecule has 0 rings (SSSR count). The Bertz CT molecular complexity index is 281. The third kappa shape index (κ3) is 18.6. The molecule has 4 heteroatoms. The molecule has 0 heterocycles. The van der Waals surface area contributed by atoms with Crippen LogP contribution in [0.4, 0.5) is 0 Å². The molecule has 0 atom stereocenters. The Morgan fingerprint density at radius 3 is 1.68 bits per heavy atom. The van der Waals surface area contributed by atoms with Gasteiger partial charge in [0.2, 0.25) is 0 Å². The number of carbonyl (C=O) groups excluding carboxylic acids is 1. The summed E-state index contributed by atoms with van der Waals surface area (Å²) in [4.78, 5) is 12.8. The van der Waals surface area contributed by atoms with Crippen molar-refractivity contribution in [2.75, 3.05) is 19.6 Å². The van der Waals surface area contributed by atoms with E-state index in [0.29, 0.717) is 0 Å². The number of rotatable bonds is 14. The Morgan fingerprint density at radius 2 is 1.32 bits per heavy atom. The van der Waals surface area contributed by atoms with Gasteiger partial charge in [0.05, 0.1) is 5.97 Å². The van der Waals surface area contributed by atoms with Gasteiger partial charge in [-0.1, -0.05) is 38.2 Å². The van der Waals surface area contributed by atoms with E-state index in [1.165, 1.54) is 0 Å². The first-order valence-corrected chi connectivity index (χ1v) is 8.42. The smallest absolute Gasteiger partial charge is 0.549 e. The van der Waals surface area contributed by atoms with E-state index < -0.39 is 5.97 Å². The van der Waals surface area contributed by atoms with E-state index in [0.717, 1.165) is 64.5 Å². The monoisotopic (exact) mass is 333 g/mol. The molecule has 3 nitrogen and oxygen atoms in total. The number of nitrogens with zero attached hydrogens (tertiary/aromatic N) is 1. The van der Waals surface area contributed by atoms with E-state index in [2.05, 4.69) is 38.2 Å². The summed E-state index contributed by atoms with van der Waals surface area (Å²) in [6.07, 6.45) is 17.5. The zero-order chi connectivity index (χ0) is 15.8. The summed E-state index contributed by atoms with van der Waals surface area (Å²) in [7, 11) is 0. The van der Waals surface area contributed by atoms with Gasteiger partial charge in [0.15, 0.2) is 0 Å². The summed E-state index contributed by atoms with van der Waals surface area (Å²) in [5.74, 6) is -0.966. The second kappa shape index (κ2) is 19.6. The Morgan fingerprint density at radius 1 is 0.864 bits per heavy atom. The fourth-order valence-corrected chi connectivity index (χ4v) is 2.22. The summed E-state index contributed by atoms with van der Waals surface area (Å²) in [5.41, 5.74) is 0. The Labute approximate surface area is 179 Å². The van der Waals surface area contributed by atoms with Crippen LogP contribution in [0.3, 0.4) is 0 Å². The molecule has 0 aromatic heterocycles. The van der Waals surface area contributed by atoms with Crippen molar-refractivity contribution in [3.05, 3.63) is 24.3 Å². The predicted octanol–water partition coefficient (Wildman–Crippen LogP) is 0.315. The van der Waals surface area contributed by atoms with Crippen LogP contribution < -0.4 is 56.5 Å². The van der Waals surface area contributed by atoms with E-state index in [4.69, 9.17) is 0 Å². The van der Waals surface area contributed by atoms with E-state index >= 15 is 0 Å². The van der Waals surface area contributed by atoms with Crippen LogP contribution in [0.15, 0.2) is 24.3 Å². The summed E-state index contributed by atoms with van der Waals surface area (Å²) in [6.45, 7) is 6.05. The molecule has 0 fully saturated rings. The number of allylic oxidation sites excluding steroid dienone is 4. The molecule has 0 bridgehead atoms. The maximum Gasteiger partial charge on any atom is 1.00 e. The first kappa shape index (κ1) is 24.8. The van der Waals surface area contributed by atoms with Crippen LogP contribution in [0, 0.1) is 0 Å². The number of carboxylic acids is 1. The van der Waals surface area contributed by atoms with Gasteiger partial charge in [0.1, 0.15) is 0 Å². The van der Waals surface area contributed by atoms with Gasteiger partial charge in [0.25, 0.3) is 0 Å². The van der Waals surface area contributed by atoms with E-state index in [9.17, 15) is 9.90 Å². The molecular formula is C18H32KNO2. The molecule has 0 aromatic rings. The average Bonchev–Trinajstić information content (AvgIpc) is 2.45. The third-order valence-corrected chi connectivity index (χ3v) is 3.35. The summed E-state index contributed by atoms with van der Waals surface area (Å²) < 4.78 is 0. The van der Waals surface area contributed by atoms with Crippen molar-refractivity contribution in [1.29, 1.82) is 0 Å². The molecule has 0 unspecified atom stereocenters. The van der Waals surface area contributed by atoms with Crippen LogP contribution in [0.5, 0.6) is 0 Å². The molecule has 0 aliphatic rings. The SMILES string of the molecule is CC/C=C/CCCCN(CCCC/C=C/CC)CC(=O)[O-].[K+]. The summed E-state index contributed by atoms with van der Waals surface area (Å²) in [5, 5.41) is 10.8. The average molecular weight is 334 g/mol. The number of hydrogen-bond donors (Lipinski definition) is 0. The van der Waals surface area contributed by atoms with E-state index in [-0.39, 0.29) is 57.9 Å². The molecular weight excluding hydrogens is 301 g/mol. The minimum atomic E-state index is -0.966. The van der Waals surface area contributed by atoms with Gasteiger partial charge >= 0.3 is 51.4 Å². The molecule has 0 amide bonds. The van der Waals surface area contributed by atoms with E-state index in [1.807, 2.05) is 4.90 Å². The molecule has 0 aliphatic carbocycles. The van der Waals surface area contributed by atoms with Crippen LogP contribution in [0.25, 0.3) is 0 Å². The van der Waals surface area contributed by atoms with Crippen molar-refractivity contribution in [1.82, 2.24) is 4.90 Å². The van der Waals surface area contributed by atoms with Gasteiger partial charge in [-0.15, -0.1) is 0 Å². The van der Waals surface area contributed by atoms with Gasteiger partial charge in [-0.2, -0.15) is 0 Å². The van der Waals surface area contributed by atoms with Crippen molar-refractivity contribution >= 4 is 5.97 Å². The minimum Gasteiger partial charge on any atom is -0.549 e. The van der Waals surface area contributed by atoms with Crippen LogP contribution in [-0.4, -0.2) is 30.5 Å². The molecule has 122 valence electrons. The normalized spacial score (nSPS) is 11.4. The molecule has 0 radical (unpaired) electrons. The first-order chi connectivity index (χ1) is 10.2. The van der Waals surface area contributed by atoms with Crippen molar-refractivity contribution in [2.24, 2.45) is 0 Å². The topological polar surface area (TPSA) is 43.4 Å². The van der Waals surface area contributed by atoms with Gasteiger partial charge in [0, 0.05) is 6.54 Å². The van der Waals surface area contributed by atoms with Crippen molar-refractivity contribution in [3.8, 4) is 0 Å². The predicted molar refractivity (Wildman–Crippen MR) is 88.0 cm³/mol. The van der Waals surface area contributed by atoms with E-state index in [1.54, 1.807) is 0 Å². The maximum atomic E-state index is 10.8. The largest absolute Gasteiger partial charge is 1.00 e. The fourth-order valence-electron chi connectivity index (χ4n) is 2.22. The zero-order valence-corrected chi connectivity index (χ0v) is 18.0. The zero-order valence-electron chi connectivity index (χ0n) is 14.9. The molecule has 0 saturated heterocycles. The Balaban J connectivity index is 0. The Kier molecular flexibility index (Phi) is 22.1. The van der Waals surface area contributed by atoms with Crippen molar-refractivity contribution in [3.63, 3.8) is 0 Å². The molecule has 0 aromatic carbocycles. The number of carbonyl (C=O) groups is 1.